The van der Waals surface area contributed by atoms with Gasteiger partial charge in [0, 0.05) is 11.1 Å². The van der Waals surface area contributed by atoms with Crippen molar-refractivity contribution in [1.82, 2.24) is 0 Å². The molecule has 3 nitrogen and oxygen atoms in total. The molecule has 0 saturated carbocycles. The number of hydrogen-bond acceptors (Lipinski definition) is 3. The summed E-state index contributed by atoms with van der Waals surface area (Å²) in [6, 6.07) is 9.91. The van der Waals surface area contributed by atoms with Crippen LogP contribution in [0.15, 0.2) is 39.5 Å². The summed E-state index contributed by atoms with van der Waals surface area (Å²) in [6.07, 6.45) is 2.77. The summed E-state index contributed by atoms with van der Waals surface area (Å²) < 4.78 is 11.1. The lowest BCUT2D eigenvalue weighted by Crippen LogP contribution is -2.07. The molecule has 0 bridgehead atoms. The minimum Gasteiger partial charge on any atom is -0.488 e. The van der Waals surface area contributed by atoms with Gasteiger partial charge in [-0.2, -0.15) is 0 Å². The largest absolute Gasteiger partial charge is 0.488 e. The Balaban J connectivity index is 2.16. The molecule has 1 aromatic heterocycles. The molecule has 3 rings (SSSR count). The maximum Gasteiger partial charge on any atom is 0.347 e. The van der Waals surface area contributed by atoms with E-state index >= 15 is 0 Å². The number of benzene rings is 1. The highest BCUT2D eigenvalue weighted by molar-refractivity contribution is 5.87. The monoisotopic (exact) mass is 268 g/mol. The molecule has 0 atom stereocenters. The van der Waals surface area contributed by atoms with Crippen LogP contribution in [0.1, 0.15) is 29.4 Å². The van der Waals surface area contributed by atoms with Crippen LogP contribution in [0.5, 0.6) is 5.75 Å². The van der Waals surface area contributed by atoms with Crippen LogP contribution in [0, 0.1) is 6.92 Å². The first-order valence-electron chi connectivity index (χ1n) is 6.76. The van der Waals surface area contributed by atoms with Crippen molar-refractivity contribution < 1.29 is 9.15 Å². The Bertz CT molecular complexity index is 724. The first-order chi connectivity index (χ1) is 9.70. The maximum absolute atomic E-state index is 12.1. The lowest BCUT2D eigenvalue weighted by molar-refractivity contribution is 0.374. The Morgan fingerprint density at radius 1 is 1.25 bits per heavy atom. The fourth-order valence-electron chi connectivity index (χ4n) is 2.59. The van der Waals surface area contributed by atoms with Crippen LogP contribution in [0.3, 0.4) is 0 Å². The first-order valence-corrected chi connectivity index (χ1v) is 6.76. The lowest BCUT2D eigenvalue weighted by atomic mass is 10.0. The standard InChI is InChI=1S/C17H16O3/c1-3-14-11(2)20-17(18)15-13(10-19-16(14)15)9-12-7-5-4-6-8-12/h4-9H,3,10H2,1-2H3/b13-9+. The Labute approximate surface area is 117 Å². The van der Waals surface area contributed by atoms with E-state index < -0.39 is 0 Å². The van der Waals surface area contributed by atoms with Crippen molar-refractivity contribution in [2.24, 2.45) is 0 Å². The van der Waals surface area contributed by atoms with Gasteiger partial charge in [-0.1, -0.05) is 37.3 Å². The minimum atomic E-state index is -0.311. The van der Waals surface area contributed by atoms with Crippen LogP contribution in [0.25, 0.3) is 11.6 Å². The molecule has 0 fully saturated rings. The maximum atomic E-state index is 12.1. The summed E-state index contributed by atoms with van der Waals surface area (Å²) in [7, 11) is 0. The van der Waals surface area contributed by atoms with E-state index in [0.29, 0.717) is 23.7 Å². The van der Waals surface area contributed by atoms with Crippen molar-refractivity contribution in [2.45, 2.75) is 20.3 Å². The fraction of sp³-hybridized carbons (Fsp3) is 0.235. The first kappa shape index (κ1) is 12.7. The molecule has 102 valence electrons. The van der Waals surface area contributed by atoms with Crippen molar-refractivity contribution in [2.75, 3.05) is 6.61 Å². The second-order valence-corrected chi connectivity index (χ2v) is 4.85. The van der Waals surface area contributed by atoms with E-state index in [0.717, 1.165) is 23.1 Å². The summed E-state index contributed by atoms with van der Waals surface area (Å²) >= 11 is 0. The summed E-state index contributed by atoms with van der Waals surface area (Å²) in [4.78, 5) is 12.1. The molecule has 2 aromatic rings. The third-order valence-corrected chi connectivity index (χ3v) is 3.56. The summed E-state index contributed by atoms with van der Waals surface area (Å²) in [5.74, 6) is 1.35. The molecule has 0 N–H and O–H groups in total. The molecular formula is C17H16O3. The molecular weight excluding hydrogens is 252 g/mol. The van der Waals surface area contributed by atoms with Crippen LogP contribution in [-0.2, 0) is 6.42 Å². The highest BCUT2D eigenvalue weighted by atomic mass is 16.5. The lowest BCUT2D eigenvalue weighted by Gasteiger charge is -2.06. The smallest absolute Gasteiger partial charge is 0.347 e. The molecule has 1 aliphatic heterocycles. The average Bonchev–Trinajstić information content (AvgIpc) is 2.84. The van der Waals surface area contributed by atoms with Crippen LogP contribution in [0.4, 0.5) is 0 Å². The van der Waals surface area contributed by atoms with Gasteiger partial charge in [-0.05, 0) is 25.0 Å². The molecule has 3 heteroatoms. The average molecular weight is 268 g/mol. The van der Waals surface area contributed by atoms with Gasteiger partial charge >= 0.3 is 5.63 Å². The van der Waals surface area contributed by atoms with E-state index in [-0.39, 0.29) is 5.63 Å². The third-order valence-electron chi connectivity index (χ3n) is 3.56. The van der Waals surface area contributed by atoms with Crippen molar-refractivity contribution >= 4 is 11.6 Å². The number of aryl methyl sites for hydroxylation is 1. The van der Waals surface area contributed by atoms with E-state index in [2.05, 4.69) is 0 Å². The SMILES string of the molecule is CCc1c(C)oc(=O)c2c1OC/C2=C\c1ccccc1. The van der Waals surface area contributed by atoms with E-state index in [4.69, 9.17) is 9.15 Å². The quantitative estimate of drug-likeness (QED) is 0.837. The fourth-order valence-corrected chi connectivity index (χ4v) is 2.59. The van der Waals surface area contributed by atoms with Gasteiger partial charge in [0.1, 0.15) is 23.7 Å². The highest BCUT2D eigenvalue weighted by Crippen LogP contribution is 2.36. The van der Waals surface area contributed by atoms with Crippen molar-refractivity contribution in [3.63, 3.8) is 0 Å². The van der Waals surface area contributed by atoms with Gasteiger partial charge in [-0.15, -0.1) is 0 Å². The normalized spacial score (nSPS) is 15.2. The van der Waals surface area contributed by atoms with E-state index in [1.165, 1.54) is 0 Å². The Morgan fingerprint density at radius 2 is 2.00 bits per heavy atom. The molecule has 2 heterocycles. The molecule has 20 heavy (non-hydrogen) atoms. The molecule has 0 amide bonds. The predicted octanol–water partition coefficient (Wildman–Crippen LogP) is 3.44. The van der Waals surface area contributed by atoms with Gasteiger partial charge in [-0.25, -0.2) is 4.79 Å². The van der Waals surface area contributed by atoms with Gasteiger partial charge in [-0.3, -0.25) is 0 Å². The van der Waals surface area contributed by atoms with Crippen molar-refractivity contribution in [1.29, 1.82) is 0 Å². The zero-order valence-corrected chi connectivity index (χ0v) is 11.6. The van der Waals surface area contributed by atoms with Crippen molar-refractivity contribution in [3.8, 4) is 5.75 Å². The van der Waals surface area contributed by atoms with Gasteiger partial charge in [0.05, 0.1) is 0 Å². The van der Waals surface area contributed by atoms with Gasteiger partial charge in [0.25, 0.3) is 0 Å². The number of ether oxygens (including phenoxy) is 1. The second-order valence-electron chi connectivity index (χ2n) is 4.85. The number of hydrogen-bond donors (Lipinski definition) is 0. The van der Waals surface area contributed by atoms with Crippen LogP contribution in [0.2, 0.25) is 0 Å². The highest BCUT2D eigenvalue weighted by Gasteiger charge is 2.26. The Morgan fingerprint density at radius 3 is 2.70 bits per heavy atom. The van der Waals surface area contributed by atoms with Gasteiger partial charge in [0.15, 0.2) is 0 Å². The topological polar surface area (TPSA) is 39.4 Å². The summed E-state index contributed by atoms with van der Waals surface area (Å²) in [5.41, 5.74) is 3.19. The number of rotatable bonds is 2. The molecule has 0 unspecified atom stereocenters. The van der Waals surface area contributed by atoms with Crippen LogP contribution >= 0.6 is 0 Å². The molecule has 0 spiro atoms. The molecule has 0 saturated heterocycles. The number of fused-ring (bicyclic) bond motifs is 1. The Hall–Kier alpha value is -2.29. The van der Waals surface area contributed by atoms with E-state index in [9.17, 15) is 4.79 Å². The van der Waals surface area contributed by atoms with E-state index in [1.807, 2.05) is 50.3 Å². The Kier molecular flexibility index (Phi) is 3.18. The van der Waals surface area contributed by atoms with Crippen LogP contribution < -0.4 is 10.4 Å². The van der Waals surface area contributed by atoms with E-state index in [1.54, 1.807) is 0 Å². The van der Waals surface area contributed by atoms with Gasteiger partial charge in [0.2, 0.25) is 0 Å². The molecule has 1 aromatic carbocycles. The molecule has 1 aliphatic rings. The zero-order chi connectivity index (χ0) is 14.1. The molecule has 0 aliphatic carbocycles. The van der Waals surface area contributed by atoms with Crippen LogP contribution in [-0.4, -0.2) is 6.61 Å². The third kappa shape index (κ3) is 2.05. The van der Waals surface area contributed by atoms with Gasteiger partial charge < -0.3 is 9.15 Å². The minimum absolute atomic E-state index is 0.311. The second kappa shape index (κ2) is 5.00. The summed E-state index contributed by atoms with van der Waals surface area (Å²) in [5, 5.41) is 0. The predicted molar refractivity (Wildman–Crippen MR) is 78.9 cm³/mol. The van der Waals surface area contributed by atoms with Crippen molar-refractivity contribution in [3.05, 3.63) is 63.2 Å². The molecule has 0 radical (unpaired) electrons. The summed E-state index contributed by atoms with van der Waals surface area (Å²) in [6.45, 7) is 4.26. The zero-order valence-electron chi connectivity index (χ0n) is 11.6.